The molecule has 0 unspecified atom stereocenters. The van der Waals surface area contributed by atoms with Crippen molar-refractivity contribution in [2.45, 2.75) is 39.2 Å². The second-order valence-electron chi connectivity index (χ2n) is 5.10. The van der Waals surface area contributed by atoms with Crippen molar-refractivity contribution in [3.63, 3.8) is 0 Å². The predicted molar refractivity (Wildman–Crippen MR) is 69.2 cm³/mol. The van der Waals surface area contributed by atoms with Crippen LogP contribution in [0, 0.1) is 0 Å². The summed E-state index contributed by atoms with van der Waals surface area (Å²) in [6, 6.07) is 5.64. The van der Waals surface area contributed by atoms with Crippen LogP contribution in [0.15, 0.2) is 18.2 Å². The second-order valence-corrected chi connectivity index (χ2v) is 5.10. The molecule has 0 atom stereocenters. The van der Waals surface area contributed by atoms with Crippen molar-refractivity contribution < 1.29 is 14.3 Å². The molecular formula is C14H19NO3. The molecule has 98 valence electrons. The Morgan fingerprint density at radius 1 is 1.50 bits per heavy atom. The topological polar surface area (TPSA) is 47.6 Å². The summed E-state index contributed by atoms with van der Waals surface area (Å²) in [5, 5.41) is 2.68. The van der Waals surface area contributed by atoms with E-state index in [-0.39, 0.29) is 5.60 Å². The van der Waals surface area contributed by atoms with Crippen LogP contribution in [0.1, 0.15) is 32.8 Å². The maximum atomic E-state index is 11.5. The van der Waals surface area contributed by atoms with E-state index in [1.165, 1.54) is 0 Å². The molecule has 2 rings (SSSR count). The lowest BCUT2D eigenvalue weighted by atomic mass is 10.0. The van der Waals surface area contributed by atoms with E-state index in [9.17, 15) is 4.79 Å². The molecular weight excluding hydrogens is 230 g/mol. The van der Waals surface area contributed by atoms with E-state index in [1.54, 1.807) is 6.07 Å². The van der Waals surface area contributed by atoms with Crippen molar-refractivity contribution in [3.8, 4) is 11.5 Å². The Labute approximate surface area is 107 Å². The molecule has 1 N–H and O–H groups in total. The lowest BCUT2D eigenvalue weighted by Gasteiger charge is -2.18. The molecule has 1 aliphatic heterocycles. The number of ether oxygens (including phenoxy) is 2. The van der Waals surface area contributed by atoms with Crippen LogP contribution < -0.4 is 14.8 Å². The third kappa shape index (κ3) is 2.75. The quantitative estimate of drug-likeness (QED) is 0.896. The van der Waals surface area contributed by atoms with E-state index >= 15 is 0 Å². The largest absolute Gasteiger partial charge is 0.483 e. The SMILES string of the molecule is CCCNC(=O)Oc1cccc2c1OC(C)(C)C2. The lowest BCUT2D eigenvalue weighted by molar-refractivity contribution is 0.133. The normalized spacial score (nSPS) is 15.7. The van der Waals surface area contributed by atoms with Gasteiger partial charge in [0.15, 0.2) is 11.5 Å². The van der Waals surface area contributed by atoms with Crippen molar-refractivity contribution in [2.75, 3.05) is 6.54 Å². The number of carbonyl (C=O) groups excluding carboxylic acids is 1. The Hall–Kier alpha value is -1.71. The van der Waals surface area contributed by atoms with Crippen LogP contribution in [-0.2, 0) is 6.42 Å². The van der Waals surface area contributed by atoms with Gasteiger partial charge in [0.2, 0.25) is 0 Å². The van der Waals surface area contributed by atoms with Gasteiger partial charge < -0.3 is 14.8 Å². The summed E-state index contributed by atoms with van der Waals surface area (Å²) in [6.07, 6.45) is 1.28. The van der Waals surface area contributed by atoms with Gasteiger partial charge in [-0.1, -0.05) is 19.1 Å². The molecule has 1 aromatic rings. The minimum absolute atomic E-state index is 0.234. The molecule has 1 aliphatic rings. The Morgan fingerprint density at radius 3 is 3.00 bits per heavy atom. The van der Waals surface area contributed by atoms with Crippen molar-refractivity contribution in [1.82, 2.24) is 5.32 Å². The minimum atomic E-state index is -0.432. The molecule has 0 aromatic heterocycles. The maximum Gasteiger partial charge on any atom is 0.412 e. The van der Waals surface area contributed by atoms with Gasteiger partial charge in [-0.3, -0.25) is 0 Å². The van der Waals surface area contributed by atoms with Crippen molar-refractivity contribution >= 4 is 6.09 Å². The number of benzene rings is 1. The van der Waals surface area contributed by atoms with Gasteiger partial charge in [-0.2, -0.15) is 0 Å². The molecule has 0 aliphatic carbocycles. The van der Waals surface area contributed by atoms with Crippen LogP contribution in [0.3, 0.4) is 0 Å². The van der Waals surface area contributed by atoms with Crippen LogP contribution in [0.4, 0.5) is 4.79 Å². The smallest absolute Gasteiger partial charge is 0.412 e. The minimum Gasteiger partial charge on any atom is -0.483 e. The summed E-state index contributed by atoms with van der Waals surface area (Å²) in [4.78, 5) is 11.5. The van der Waals surface area contributed by atoms with Gasteiger partial charge in [-0.15, -0.1) is 0 Å². The van der Waals surface area contributed by atoms with Gasteiger partial charge in [0.1, 0.15) is 5.60 Å². The molecule has 0 saturated heterocycles. The molecule has 4 heteroatoms. The van der Waals surface area contributed by atoms with Gasteiger partial charge in [0.05, 0.1) is 0 Å². The number of rotatable bonds is 3. The van der Waals surface area contributed by atoms with Crippen LogP contribution >= 0.6 is 0 Å². The number of para-hydroxylation sites is 1. The standard InChI is InChI=1S/C14H19NO3/c1-4-8-15-13(16)17-11-7-5-6-10-9-14(2,3)18-12(10)11/h5-7H,4,8-9H2,1-3H3,(H,15,16). The number of carbonyl (C=O) groups is 1. The summed E-state index contributed by atoms with van der Waals surface area (Å²) in [5.74, 6) is 1.18. The van der Waals surface area contributed by atoms with Crippen molar-refractivity contribution in [2.24, 2.45) is 0 Å². The number of amides is 1. The molecule has 1 aromatic carbocycles. The molecule has 1 amide bonds. The highest BCUT2D eigenvalue weighted by atomic mass is 16.6. The molecule has 0 saturated carbocycles. The maximum absolute atomic E-state index is 11.5. The predicted octanol–water partition coefficient (Wildman–Crippen LogP) is 2.90. The summed E-state index contributed by atoms with van der Waals surface area (Å²) in [5.41, 5.74) is 0.850. The Bertz CT molecular complexity index is 454. The second kappa shape index (κ2) is 4.88. The van der Waals surface area contributed by atoms with Crippen LogP contribution in [0.25, 0.3) is 0 Å². The van der Waals surface area contributed by atoms with Crippen molar-refractivity contribution in [3.05, 3.63) is 23.8 Å². The Balaban J connectivity index is 2.12. The fraction of sp³-hybridized carbons (Fsp3) is 0.500. The number of hydrogen-bond acceptors (Lipinski definition) is 3. The average molecular weight is 249 g/mol. The van der Waals surface area contributed by atoms with Gasteiger partial charge in [0.25, 0.3) is 0 Å². The number of fused-ring (bicyclic) bond motifs is 1. The lowest BCUT2D eigenvalue weighted by Crippen LogP contribution is -2.28. The van der Waals surface area contributed by atoms with E-state index in [2.05, 4.69) is 5.32 Å². The van der Waals surface area contributed by atoms with Crippen molar-refractivity contribution in [1.29, 1.82) is 0 Å². The van der Waals surface area contributed by atoms with Crippen LogP contribution in [0.5, 0.6) is 11.5 Å². The van der Waals surface area contributed by atoms with Gasteiger partial charge in [-0.05, 0) is 26.3 Å². The van der Waals surface area contributed by atoms with E-state index in [0.29, 0.717) is 18.0 Å². The zero-order chi connectivity index (χ0) is 13.2. The third-order valence-corrected chi connectivity index (χ3v) is 2.78. The van der Waals surface area contributed by atoms with Crippen LogP contribution in [-0.4, -0.2) is 18.2 Å². The van der Waals surface area contributed by atoms with E-state index in [0.717, 1.165) is 18.4 Å². The molecule has 4 nitrogen and oxygen atoms in total. The molecule has 0 fully saturated rings. The summed E-state index contributed by atoms with van der Waals surface area (Å²) >= 11 is 0. The van der Waals surface area contributed by atoms with E-state index in [1.807, 2.05) is 32.9 Å². The first-order chi connectivity index (χ1) is 8.52. The average Bonchev–Trinajstić information content (AvgIpc) is 2.62. The fourth-order valence-electron chi connectivity index (χ4n) is 2.03. The molecule has 18 heavy (non-hydrogen) atoms. The summed E-state index contributed by atoms with van der Waals surface area (Å²) in [6.45, 7) is 6.65. The monoisotopic (exact) mass is 249 g/mol. The molecule has 1 heterocycles. The number of nitrogens with one attached hydrogen (secondary N) is 1. The van der Waals surface area contributed by atoms with E-state index in [4.69, 9.17) is 9.47 Å². The highest BCUT2D eigenvalue weighted by molar-refractivity contribution is 5.71. The fourth-order valence-corrected chi connectivity index (χ4v) is 2.03. The Morgan fingerprint density at radius 2 is 2.28 bits per heavy atom. The van der Waals surface area contributed by atoms with Crippen LogP contribution in [0.2, 0.25) is 0 Å². The van der Waals surface area contributed by atoms with E-state index < -0.39 is 6.09 Å². The zero-order valence-corrected chi connectivity index (χ0v) is 11.1. The summed E-state index contributed by atoms with van der Waals surface area (Å²) < 4.78 is 11.1. The first kappa shape index (κ1) is 12.7. The highest BCUT2D eigenvalue weighted by Gasteiger charge is 2.32. The molecule has 0 spiro atoms. The third-order valence-electron chi connectivity index (χ3n) is 2.78. The molecule has 0 bridgehead atoms. The van der Waals surface area contributed by atoms with Gasteiger partial charge in [-0.25, -0.2) is 4.79 Å². The highest BCUT2D eigenvalue weighted by Crippen LogP contribution is 2.41. The number of hydrogen-bond donors (Lipinski definition) is 1. The summed E-state index contributed by atoms with van der Waals surface area (Å²) in [7, 11) is 0. The van der Waals surface area contributed by atoms with Gasteiger partial charge >= 0.3 is 6.09 Å². The first-order valence-corrected chi connectivity index (χ1v) is 6.28. The first-order valence-electron chi connectivity index (χ1n) is 6.28. The zero-order valence-electron chi connectivity index (χ0n) is 11.1. The molecule has 0 radical (unpaired) electrons. The Kier molecular flexibility index (Phi) is 3.45. The van der Waals surface area contributed by atoms with Gasteiger partial charge in [0, 0.05) is 18.5 Å².